The van der Waals surface area contributed by atoms with Crippen molar-refractivity contribution in [2.24, 2.45) is 5.41 Å². The fourth-order valence-corrected chi connectivity index (χ4v) is 5.47. The molecule has 0 amide bonds. The van der Waals surface area contributed by atoms with Crippen LogP contribution in [0, 0.1) is 5.41 Å². The second kappa shape index (κ2) is 8.25. The molecule has 0 unspecified atom stereocenters. The predicted molar refractivity (Wildman–Crippen MR) is 129 cm³/mol. The Morgan fingerprint density at radius 3 is 2.61 bits per heavy atom. The molecule has 2 aromatic heterocycles. The lowest BCUT2D eigenvalue weighted by Crippen LogP contribution is -2.47. The average Bonchev–Trinajstić information content (AvgIpc) is 2.81. The largest absolute Gasteiger partial charge is 0.393 e. The van der Waals surface area contributed by atoms with Crippen LogP contribution in [0.4, 0.5) is 23.4 Å². The van der Waals surface area contributed by atoms with Gasteiger partial charge in [0.25, 0.3) is 0 Å². The first kappa shape index (κ1) is 24.2. The highest BCUT2D eigenvalue weighted by Gasteiger charge is 2.52. The standard InChI is InChI=1S/C28H25F4N3O/c1-26(2)14-21(36)22-23(24(26)29)35-25-20(8-5-10-34-25)27(22,3)18-7-4-6-16(12-18)19-9-11-33-15-17(19)13-28(30,31)32/h4-12,15,24H,13-14H2,1-3H3,(H,34,35)/t24-,27+/m1/s1. The maximum absolute atomic E-state index is 15.8. The minimum absolute atomic E-state index is 0.0413. The molecule has 5 rings (SSSR count). The van der Waals surface area contributed by atoms with Gasteiger partial charge >= 0.3 is 6.18 Å². The van der Waals surface area contributed by atoms with E-state index in [1.165, 1.54) is 12.4 Å². The number of nitrogens with one attached hydrogen (secondary N) is 1. The molecule has 0 fully saturated rings. The number of nitrogens with zero attached hydrogens (tertiary/aromatic N) is 2. The molecule has 3 heterocycles. The number of aromatic nitrogens is 2. The molecular formula is C28H25F4N3O. The summed E-state index contributed by atoms with van der Waals surface area (Å²) in [4.78, 5) is 21.8. The Bertz CT molecular complexity index is 1400. The number of hydrogen-bond acceptors (Lipinski definition) is 4. The number of anilines is 1. The Labute approximate surface area is 206 Å². The van der Waals surface area contributed by atoms with Gasteiger partial charge in [-0.05, 0) is 47.4 Å². The average molecular weight is 496 g/mol. The van der Waals surface area contributed by atoms with Gasteiger partial charge in [-0.2, -0.15) is 13.2 Å². The van der Waals surface area contributed by atoms with Crippen LogP contribution in [0.1, 0.15) is 43.9 Å². The quantitative estimate of drug-likeness (QED) is 0.418. The zero-order chi connectivity index (χ0) is 25.9. The summed E-state index contributed by atoms with van der Waals surface area (Å²) in [5, 5.41) is 3.08. The van der Waals surface area contributed by atoms with Crippen molar-refractivity contribution >= 4 is 11.6 Å². The summed E-state index contributed by atoms with van der Waals surface area (Å²) in [6.45, 7) is 5.30. The molecule has 4 nitrogen and oxygen atoms in total. The monoisotopic (exact) mass is 495 g/mol. The minimum Gasteiger partial charge on any atom is -0.341 e. The fraction of sp³-hybridized carbons (Fsp3) is 0.321. The number of pyridine rings is 2. The molecule has 36 heavy (non-hydrogen) atoms. The normalized spacial score (nSPS) is 23.1. The Morgan fingerprint density at radius 1 is 1.08 bits per heavy atom. The molecule has 186 valence electrons. The van der Waals surface area contributed by atoms with Crippen molar-refractivity contribution in [1.29, 1.82) is 0 Å². The van der Waals surface area contributed by atoms with Crippen LogP contribution in [0.15, 0.2) is 72.3 Å². The minimum atomic E-state index is -4.39. The number of halogens is 4. The van der Waals surface area contributed by atoms with Gasteiger partial charge in [-0.3, -0.25) is 9.78 Å². The van der Waals surface area contributed by atoms with E-state index in [0.717, 1.165) is 0 Å². The summed E-state index contributed by atoms with van der Waals surface area (Å²) in [6.07, 6.45) is -2.60. The van der Waals surface area contributed by atoms with Gasteiger partial charge in [-0.15, -0.1) is 0 Å². The van der Waals surface area contributed by atoms with Crippen LogP contribution in [0.2, 0.25) is 0 Å². The third-order valence-corrected chi connectivity index (χ3v) is 7.25. The Kier molecular flexibility index (Phi) is 5.54. The first-order valence-electron chi connectivity index (χ1n) is 11.7. The molecule has 0 saturated carbocycles. The molecule has 8 heteroatoms. The zero-order valence-electron chi connectivity index (χ0n) is 20.1. The third kappa shape index (κ3) is 3.88. The van der Waals surface area contributed by atoms with Crippen LogP contribution < -0.4 is 5.32 Å². The van der Waals surface area contributed by atoms with Crippen molar-refractivity contribution in [2.75, 3.05) is 5.32 Å². The van der Waals surface area contributed by atoms with Crippen molar-refractivity contribution in [3.8, 4) is 11.1 Å². The third-order valence-electron chi connectivity index (χ3n) is 7.25. The number of carbonyl (C=O) groups excluding carboxylic acids is 1. The van der Waals surface area contributed by atoms with E-state index < -0.39 is 29.6 Å². The summed E-state index contributed by atoms with van der Waals surface area (Å²) in [5.41, 5.74) is 0.970. The van der Waals surface area contributed by atoms with Crippen LogP contribution in [-0.2, 0) is 16.6 Å². The van der Waals surface area contributed by atoms with Gasteiger partial charge in [0, 0.05) is 41.6 Å². The summed E-state index contributed by atoms with van der Waals surface area (Å²) < 4.78 is 55.5. The summed E-state index contributed by atoms with van der Waals surface area (Å²) in [7, 11) is 0. The van der Waals surface area contributed by atoms with Crippen molar-refractivity contribution < 1.29 is 22.4 Å². The molecule has 1 aliphatic heterocycles. The molecule has 1 N–H and O–H groups in total. The smallest absolute Gasteiger partial charge is 0.341 e. The lowest BCUT2D eigenvalue weighted by molar-refractivity contribution is -0.127. The van der Waals surface area contributed by atoms with E-state index in [2.05, 4.69) is 15.3 Å². The highest BCUT2D eigenvalue weighted by Crippen LogP contribution is 2.53. The topological polar surface area (TPSA) is 54.9 Å². The van der Waals surface area contributed by atoms with Gasteiger partial charge in [0.1, 0.15) is 12.0 Å². The van der Waals surface area contributed by atoms with Crippen molar-refractivity contribution in [3.63, 3.8) is 0 Å². The van der Waals surface area contributed by atoms with Crippen LogP contribution in [0.25, 0.3) is 11.1 Å². The predicted octanol–water partition coefficient (Wildman–Crippen LogP) is 6.57. The zero-order valence-corrected chi connectivity index (χ0v) is 20.1. The maximum atomic E-state index is 15.8. The molecule has 0 bridgehead atoms. The molecule has 0 radical (unpaired) electrons. The van der Waals surface area contributed by atoms with Gasteiger partial charge in [-0.25, -0.2) is 9.37 Å². The second-order valence-electron chi connectivity index (χ2n) is 10.3. The summed E-state index contributed by atoms with van der Waals surface area (Å²) in [6, 6.07) is 12.2. The first-order chi connectivity index (χ1) is 16.9. The Balaban J connectivity index is 1.72. The molecule has 2 aliphatic rings. The van der Waals surface area contributed by atoms with Gasteiger partial charge in [0.2, 0.25) is 0 Å². The summed E-state index contributed by atoms with van der Waals surface area (Å²) in [5.74, 6) is 0.291. The fourth-order valence-electron chi connectivity index (χ4n) is 5.47. The first-order valence-corrected chi connectivity index (χ1v) is 11.7. The molecule has 3 aromatic rings. The molecule has 1 aromatic carbocycles. The number of hydrogen-bond donors (Lipinski definition) is 1. The Hall–Kier alpha value is -3.55. The SMILES string of the molecule is CC1(C)CC(=O)C2=C(Nc3ncccc3[C@]2(C)c2cccc(-c3ccncc3CC(F)(F)F)c2)[C@H]1F. The maximum Gasteiger partial charge on any atom is 0.393 e. The number of fused-ring (bicyclic) bond motifs is 1. The van der Waals surface area contributed by atoms with Crippen LogP contribution in [0.3, 0.4) is 0 Å². The molecule has 0 spiro atoms. The molecule has 0 saturated heterocycles. The van der Waals surface area contributed by atoms with Crippen LogP contribution in [-0.4, -0.2) is 28.1 Å². The molecular weight excluding hydrogens is 470 g/mol. The number of ketones is 1. The van der Waals surface area contributed by atoms with Crippen LogP contribution in [0.5, 0.6) is 0 Å². The van der Waals surface area contributed by atoms with Gasteiger partial charge < -0.3 is 5.32 Å². The van der Waals surface area contributed by atoms with E-state index in [4.69, 9.17) is 0 Å². The number of rotatable bonds is 3. The second-order valence-corrected chi connectivity index (χ2v) is 10.3. The van der Waals surface area contributed by atoms with Crippen LogP contribution >= 0.6 is 0 Å². The lowest BCUT2D eigenvalue weighted by atomic mass is 9.61. The van der Waals surface area contributed by atoms with Gasteiger partial charge in [-0.1, -0.05) is 38.1 Å². The number of benzene rings is 1. The molecule has 1 aliphatic carbocycles. The number of alkyl halides is 4. The Morgan fingerprint density at radius 2 is 1.86 bits per heavy atom. The summed E-state index contributed by atoms with van der Waals surface area (Å²) >= 11 is 0. The van der Waals surface area contributed by atoms with E-state index >= 15 is 4.39 Å². The number of allylic oxidation sites excluding steroid dienone is 2. The number of carbonyl (C=O) groups is 1. The van der Waals surface area contributed by atoms with E-state index in [1.807, 2.05) is 19.1 Å². The number of Topliss-reactive ketones (excluding diaryl/α,β-unsaturated/α-hetero) is 1. The van der Waals surface area contributed by atoms with Crippen molar-refractivity contribution in [1.82, 2.24) is 9.97 Å². The highest BCUT2D eigenvalue weighted by molar-refractivity contribution is 6.03. The van der Waals surface area contributed by atoms with E-state index in [0.29, 0.717) is 33.6 Å². The van der Waals surface area contributed by atoms with Crippen molar-refractivity contribution in [2.45, 2.75) is 51.4 Å². The van der Waals surface area contributed by atoms with Gasteiger partial charge in [0.15, 0.2) is 5.78 Å². The lowest BCUT2D eigenvalue weighted by Gasteiger charge is -2.46. The van der Waals surface area contributed by atoms with E-state index in [9.17, 15) is 18.0 Å². The molecule has 2 atom stereocenters. The highest BCUT2D eigenvalue weighted by atomic mass is 19.4. The van der Waals surface area contributed by atoms with Crippen molar-refractivity contribution in [3.05, 3.63) is 89.0 Å². The van der Waals surface area contributed by atoms with E-state index in [1.54, 1.807) is 50.4 Å². The van der Waals surface area contributed by atoms with Gasteiger partial charge in [0.05, 0.1) is 17.5 Å². The van der Waals surface area contributed by atoms with E-state index in [-0.39, 0.29) is 23.5 Å².